The number of nitrogens with zero attached hydrogens (tertiary/aromatic N) is 1. The lowest BCUT2D eigenvalue weighted by atomic mass is 10.1. The molecule has 1 N–H and O–H groups in total. The second-order valence-electron chi connectivity index (χ2n) is 4.83. The van der Waals surface area contributed by atoms with Crippen molar-refractivity contribution in [2.24, 2.45) is 0 Å². The van der Waals surface area contributed by atoms with Crippen molar-refractivity contribution in [3.63, 3.8) is 0 Å². The number of ether oxygens (including phenoxy) is 2. The predicted octanol–water partition coefficient (Wildman–Crippen LogP) is 3.10. The van der Waals surface area contributed by atoms with Crippen LogP contribution in [0.5, 0.6) is 11.5 Å². The number of para-hydroxylation sites is 1. The molecule has 2 rings (SSSR count). The molecule has 0 aromatic heterocycles. The van der Waals surface area contributed by atoms with Crippen molar-refractivity contribution in [3.8, 4) is 17.6 Å². The zero-order valence-corrected chi connectivity index (χ0v) is 12.9. The van der Waals surface area contributed by atoms with Crippen molar-refractivity contribution < 1.29 is 9.47 Å². The van der Waals surface area contributed by atoms with Crippen LogP contribution in [-0.2, 0) is 6.42 Å². The van der Waals surface area contributed by atoms with Gasteiger partial charge in [0.25, 0.3) is 0 Å². The SMILES string of the molecule is COc1cccc(C(C#N)NCCc2ccccc2)c1OC. The van der Waals surface area contributed by atoms with Gasteiger partial charge in [-0.3, -0.25) is 5.32 Å². The average Bonchev–Trinajstić information content (AvgIpc) is 2.59. The summed E-state index contributed by atoms with van der Waals surface area (Å²) in [6, 6.07) is 17.6. The zero-order valence-electron chi connectivity index (χ0n) is 12.9. The summed E-state index contributed by atoms with van der Waals surface area (Å²) in [5, 5.41) is 12.7. The van der Waals surface area contributed by atoms with Gasteiger partial charge in [-0.1, -0.05) is 42.5 Å². The molecule has 0 aliphatic rings. The summed E-state index contributed by atoms with van der Waals surface area (Å²) in [5.74, 6) is 1.23. The van der Waals surface area contributed by atoms with Crippen LogP contribution in [0, 0.1) is 11.3 Å². The molecule has 0 aliphatic heterocycles. The van der Waals surface area contributed by atoms with Crippen LogP contribution in [0.2, 0.25) is 0 Å². The van der Waals surface area contributed by atoms with E-state index in [1.807, 2.05) is 36.4 Å². The maximum absolute atomic E-state index is 9.45. The Morgan fingerprint density at radius 3 is 2.45 bits per heavy atom. The van der Waals surface area contributed by atoms with E-state index in [1.165, 1.54) is 5.56 Å². The summed E-state index contributed by atoms with van der Waals surface area (Å²) in [7, 11) is 3.17. The van der Waals surface area contributed by atoms with Gasteiger partial charge < -0.3 is 9.47 Å². The normalized spacial score (nSPS) is 11.5. The molecule has 1 unspecified atom stereocenters. The van der Waals surface area contributed by atoms with E-state index in [2.05, 4.69) is 23.5 Å². The molecule has 114 valence electrons. The van der Waals surface area contributed by atoms with Gasteiger partial charge in [0.1, 0.15) is 6.04 Å². The number of nitriles is 1. The maximum Gasteiger partial charge on any atom is 0.166 e. The summed E-state index contributed by atoms with van der Waals surface area (Å²) in [4.78, 5) is 0. The van der Waals surface area contributed by atoms with Crippen LogP contribution < -0.4 is 14.8 Å². The van der Waals surface area contributed by atoms with Crippen LogP contribution in [0.15, 0.2) is 48.5 Å². The van der Waals surface area contributed by atoms with E-state index in [0.717, 1.165) is 12.0 Å². The van der Waals surface area contributed by atoms with E-state index in [0.29, 0.717) is 18.0 Å². The van der Waals surface area contributed by atoms with Gasteiger partial charge in [0.15, 0.2) is 11.5 Å². The second kappa shape index (κ2) is 8.06. The molecule has 2 aromatic rings. The highest BCUT2D eigenvalue weighted by Gasteiger charge is 2.18. The van der Waals surface area contributed by atoms with E-state index in [4.69, 9.17) is 9.47 Å². The van der Waals surface area contributed by atoms with Gasteiger partial charge in [-0.15, -0.1) is 0 Å². The molecule has 0 fully saturated rings. The molecular weight excluding hydrogens is 276 g/mol. The first-order valence-electron chi connectivity index (χ1n) is 7.18. The standard InChI is InChI=1S/C18H20N2O2/c1-21-17-10-6-9-15(18(17)22-2)16(13-19)20-12-11-14-7-4-3-5-8-14/h3-10,16,20H,11-12H2,1-2H3. The Kier molecular flexibility index (Phi) is 5.81. The molecule has 0 aliphatic carbocycles. The highest BCUT2D eigenvalue weighted by atomic mass is 16.5. The van der Waals surface area contributed by atoms with Crippen LogP contribution in [-0.4, -0.2) is 20.8 Å². The van der Waals surface area contributed by atoms with Crippen molar-refractivity contribution in [3.05, 3.63) is 59.7 Å². The molecule has 2 aromatic carbocycles. The third-order valence-corrected chi connectivity index (χ3v) is 3.48. The Balaban J connectivity index is 2.07. The van der Waals surface area contributed by atoms with Gasteiger partial charge in [0.2, 0.25) is 0 Å². The third kappa shape index (κ3) is 3.78. The van der Waals surface area contributed by atoms with Gasteiger partial charge >= 0.3 is 0 Å². The molecule has 0 bridgehead atoms. The molecule has 4 nitrogen and oxygen atoms in total. The summed E-state index contributed by atoms with van der Waals surface area (Å²) in [5.41, 5.74) is 2.03. The van der Waals surface area contributed by atoms with E-state index in [9.17, 15) is 5.26 Å². The van der Waals surface area contributed by atoms with E-state index < -0.39 is 6.04 Å². The summed E-state index contributed by atoms with van der Waals surface area (Å²) in [6.07, 6.45) is 0.866. The van der Waals surface area contributed by atoms with E-state index >= 15 is 0 Å². The summed E-state index contributed by atoms with van der Waals surface area (Å²) >= 11 is 0. The molecule has 22 heavy (non-hydrogen) atoms. The Morgan fingerprint density at radius 1 is 1.05 bits per heavy atom. The van der Waals surface area contributed by atoms with Gasteiger partial charge in [0.05, 0.1) is 20.3 Å². The molecule has 0 spiro atoms. The molecular formula is C18H20N2O2. The highest BCUT2D eigenvalue weighted by molar-refractivity contribution is 5.49. The van der Waals surface area contributed by atoms with Crippen LogP contribution in [0.25, 0.3) is 0 Å². The van der Waals surface area contributed by atoms with Gasteiger partial charge in [0, 0.05) is 12.1 Å². The number of nitrogens with one attached hydrogen (secondary N) is 1. The summed E-state index contributed by atoms with van der Waals surface area (Å²) < 4.78 is 10.7. The van der Waals surface area contributed by atoms with Gasteiger partial charge in [-0.25, -0.2) is 0 Å². The number of methoxy groups -OCH3 is 2. The van der Waals surface area contributed by atoms with Crippen molar-refractivity contribution >= 4 is 0 Å². The fourth-order valence-corrected chi connectivity index (χ4v) is 2.37. The minimum Gasteiger partial charge on any atom is -0.493 e. The Bertz CT molecular complexity index is 635. The minimum atomic E-state index is -0.436. The first-order chi connectivity index (χ1) is 10.8. The quantitative estimate of drug-likeness (QED) is 0.853. The van der Waals surface area contributed by atoms with Crippen molar-refractivity contribution in [2.45, 2.75) is 12.5 Å². The first-order valence-corrected chi connectivity index (χ1v) is 7.18. The van der Waals surface area contributed by atoms with Crippen LogP contribution >= 0.6 is 0 Å². The predicted molar refractivity (Wildman–Crippen MR) is 86.0 cm³/mol. The van der Waals surface area contributed by atoms with E-state index in [-0.39, 0.29) is 0 Å². The molecule has 0 saturated carbocycles. The van der Waals surface area contributed by atoms with Crippen molar-refractivity contribution in [2.75, 3.05) is 20.8 Å². The topological polar surface area (TPSA) is 54.3 Å². The number of benzene rings is 2. The maximum atomic E-state index is 9.45. The molecule has 0 heterocycles. The van der Waals surface area contributed by atoms with Crippen molar-refractivity contribution in [1.82, 2.24) is 5.32 Å². The largest absolute Gasteiger partial charge is 0.493 e. The average molecular weight is 296 g/mol. The molecule has 0 saturated heterocycles. The Morgan fingerprint density at radius 2 is 1.82 bits per heavy atom. The van der Waals surface area contributed by atoms with Crippen LogP contribution in [0.1, 0.15) is 17.2 Å². The fraction of sp³-hybridized carbons (Fsp3) is 0.278. The lowest BCUT2D eigenvalue weighted by molar-refractivity contribution is 0.349. The monoisotopic (exact) mass is 296 g/mol. The van der Waals surface area contributed by atoms with E-state index in [1.54, 1.807) is 14.2 Å². The van der Waals surface area contributed by atoms with Crippen molar-refractivity contribution in [1.29, 1.82) is 5.26 Å². The van der Waals surface area contributed by atoms with Crippen LogP contribution in [0.3, 0.4) is 0 Å². The van der Waals surface area contributed by atoms with Crippen LogP contribution in [0.4, 0.5) is 0 Å². The third-order valence-electron chi connectivity index (χ3n) is 3.48. The lowest BCUT2D eigenvalue weighted by Crippen LogP contribution is -2.23. The molecule has 0 radical (unpaired) electrons. The minimum absolute atomic E-state index is 0.436. The smallest absolute Gasteiger partial charge is 0.166 e. The number of hydrogen-bond acceptors (Lipinski definition) is 4. The molecule has 1 atom stereocenters. The zero-order chi connectivity index (χ0) is 15.8. The fourth-order valence-electron chi connectivity index (χ4n) is 2.37. The number of rotatable bonds is 7. The number of hydrogen-bond donors (Lipinski definition) is 1. The Labute approximate surface area is 131 Å². The lowest BCUT2D eigenvalue weighted by Gasteiger charge is -2.17. The Hall–Kier alpha value is -2.51. The summed E-state index contributed by atoms with van der Waals surface area (Å²) in [6.45, 7) is 0.711. The highest BCUT2D eigenvalue weighted by Crippen LogP contribution is 2.34. The molecule has 4 heteroatoms. The van der Waals surface area contributed by atoms with Gasteiger partial charge in [-0.05, 0) is 18.1 Å². The first kappa shape index (κ1) is 15.9. The van der Waals surface area contributed by atoms with Gasteiger partial charge in [-0.2, -0.15) is 5.26 Å². The molecule has 0 amide bonds. The second-order valence-corrected chi connectivity index (χ2v) is 4.83.